The maximum atomic E-state index is 11.7. The molecular formula is C10H17NO5. The molecule has 0 spiro atoms. The molecule has 0 aromatic heterocycles. The van der Waals surface area contributed by atoms with Crippen molar-refractivity contribution in [3.05, 3.63) is 0 Å². The Morgan fingerprint density at radius 3 is 2.56 bits per heavy atom. The van der Waals surface area contributed by atoms with Crippen molar-refractivity contribution in [2.24, 2.45) is 0 Å². The summed E-state index contributed by atoms with van der Waals surface area (Å²) in [5, 5.41) is 0. The third-order valence-electron chi connectivity index (χ3n) is 2.66. The van der Waals surface area contributed by atoms with E-state index in [0.717, 1.165) is 0 Å². The van der Waals surface area contributed by atoms with Crippen LogP contribution in [0, 0.1) is 0 Å². The van der Waals surface area contributed by atoms with Crippen LogP contribution in [0.25, 0.3) is 0 Å². The highest BCUT2D eigenvalue weighted by Crippen LogP contribution is 2.31. The van der Waals surface area contributed by atoms with Crippen LogP contribution in [0.5, 0.6) is 0 Å². The van der Waals surface area contributed by atoms with Crippen LogP contribution in [0.1, 0.15) is 19.8 Å². The summed E-state index contributed by atoms with van der Waals surface area (Å²) in [6.07, 6.45) is 0.559. The van der Waals surface area contributed by atoms with Gasteiger partial charge in [0.15, 0.2) is 0 Å². The normalized spacial score (nSPS) is 24.3. The second-order valence-corrected chi connectivity index (χ2v) is 3.43. The van der Waals surface area contributed by atoms with E-state index in [9.17, 15) is 9.59 Å². The summed E-state index contributed by atoms with van der Waals surface area (Å²) < 4.78 is 14.7. The number of nitrogens with zero attached hydrogens (tertiary/aromatic N) is 1. The predicted molar refractivity (Wildman–Crippen MR) is 54.7 cm³/mol. The first-order chi connectivity index (χ1) is 7.62. The molecule has 0 aliphatic carbocycles. The molecule has 1 saturated heterocycles. The minimum absolute atomic E-state index is 0.260. The molecule has 0 bridgehead atoms. The number of ether oxygens (including phenoxy) is 3. The number of hydrogen-bond acceptors (Lipinski definition) is 5. The SMILES string of the molecule is CCOC(=O)N1CCC[C@@]1(OC)C(=O)OC. The molecule has 16 heavy (non-hydrogen) atoms. The molecule has 0 aromatic carbocycles. The Bertz CT molecular complexity index is 280. The Morgan fingerprint density at radius 1 is 1.38 bits per heavy atom. The standard InChI is InChI=1S/C10H17NO5/c1-4-16-9(13)11-7-5-6-10(11,15-3)8(12)14-2/h4-7H2,1-3H3/t10-/m1/s1. The monoisotopic (exact) mass is 231 g/mol. The lowest BCUT2D eigenvalue weighted by Gasteiger charge is -2.33. The van der Waals surface area contributed by atoms with E-state index in [1.54, 1.807) is 6.92 Å². The summed E-state index contributed by atoms with van der Waals surface area (Å²) in [6.45, 7) is 2.40. The van der Waals surface area contributed by atoms with Crippen LogP contribution >= 0.6 is 0 Å². The topological polar surface area (TPSA) is 65.1 Å². The summed E-state index contributed by atoms with van der Waals surface area (Å²) in [6, 6.07) is 0. The van der Waals surface area contributed by atoms with Gasteiger partial charge in [0.05, 0.1) is 13.7 Å². The quantitative estimate of drug-likeness (QED) is 0.671. The Morgan fingerprint density at radius 2 is 2.06 bits per heavy atom. The van der Waals surface area contributed by atoms with Gasteiger partial charge in [-0.05, 0) is 13.3 Å². The maximum Gasteiger partial charge on any atom is 0.412 e. The number of amides is 1. The first-order valence-electron chi connectivity index (χ1n) is 5.20. The van der Waals surface area contributed by atoms with Crippen LogP contribution in [0.4, 0.5) is 4.79 Å². The van der Waals surface area contributed by atoms with Crippen LogP contribution in [0.2, 0.25) is 0 Å². The smallest absolute Gasteiger partial charge is 0.412 e. The summed E-state index contributed by atoms with van der Waals surface area (Å²) in [4.78, 5) is 24.6. The molecule has 1 rings (SSSR count). The molecule has 0 aromatic rings. The van der Waals surface area contributed by atoms with Crippen molar-refractivity contribution in [1.82, 2.24) is 4.90 Å². The fourth-order valence-corrected chi connectivity index (χ4v) is 1.90. The lowest BCUT2D eigenvalue weighted by molar-refractivity contribution is -0.183. The molecule has 1 fully saturated rings. The summed E-state index contributed by atoms with van der Waals surface area (Å²) >= 11 is 0. The molecular weight excluding hydrogens is 214 g/mol. The zero-order chi connectivity index (χ0) is 12.2. The molecule has 6 nitrogen and oxygen atoms in total. The Labute approximate surface area is 94.4 Å². The fraction of sp³-hybridized carbons (Fsp3) is 0.800. The Balaban J connectivity index is 2.90. The maximum absolute atomic E-state index is 11.7. The molecule has 0 radical (unpaired) electrons. The number of likely N-dealkylation sites (tertiary alicyclic amines) is 1. The molecule has 0 N–H and O–H groups in total. The van der Waals surface area contributed by atoms with Gasteiger partial charge in [-0.2, -0.15) is 0 Å². The third kappa shape index (κ3) is 1.97. The largest absolute Gasteiger partial charge is 0.465 e. The van der Waals surface area contributed by atoms with Gasteiger partial charge in [-0.15, -0.1) is 0 Å². The molecule has 1 atom stereocenters. The number of hydrogen-bond donors (Lipinski definition) is 0. The van der Waals surface area contributed by atoms with E-state index in [4.69, 9.17) is 9.47 Å². The predicted octanol–water partition coefficient (Wildman–Crippen LogP) is 0.754. The van der Waals surface area contributed by atoms with Gasteiger partial charge in [-0.3, -0.25) is 4.90 Å². The third-order valence-corrected chi connectivity index (χ3v) is 2.66. The van der Waals surface area contributed by atoms with E-state index in [1.807, 2.05) is 0 Å². The Kier molecular flexibility index (Phi) is 4.12. The van der Waals surface area contributed by atoms with Gasteiger partial charge in [0.25, 0.3) is 0 Å². The van der Waals surface area contributed by atoms with Gasteiger partial charge >= 0.3 is 12.1 Å². The van der Waals surface area contributed by atoms with Crippen molar-refractivity contribution < 1.29 is 23.8 Å². The van der Waals surface area contributed by atoms with E-state index in [-0.39, 0.29) is 6.61 Å². The number of rotatable bonds is 3. The molecule has 6 heteroatoms. The average molecular weight is 231 g/mol. The lowest BCUT2D eigenvalue weighted by atomic mass is 10.1. The van der Waals surface area contributed by atoms with Crippen molar-refractivity contribution in [2.75, 3.05) is 27.4 Å². The average Bonchev–Trinajstić information content (AvgIpc) is 2.73. The van der Waals surface area contributed by atoms with Crippen molar-refractivity contribution in [3.63, 3.8) is 0 Å². The highest BCUT2D eigenvalue weighted by atomic mass is 16.6. The molecule has 92 valence electrons. The van der Waals surface area contributed by atoms with Gasteiger partial charge in [0, 0.05) is 20.1 Å². The highest BCUT2D eigenvalue weighted by molar-refractivity contribution is 5.84. The second-order valence-electron chi connectivity index (χ2n) is 3.43. The minimum atomic E-state index is -1.32. The zero-order valence-corrected chi connectivity index (χ0v) is 9.82. The Hall–Kier alpha value is -1.30. The minimum Gasteiger partial charge on any atom is -0.465 e. The lowest BCUT2D eigenvalue weighted by Crippen LogP contribution is -2.55. The molecule has 1 heterocycles. The van der Waals surface area contributed by atoms with Crippen LogP contribution in [-0.2, 0) is 19.0 Å². The fourth-order valence-electron chi connectivity index (χ4n) is 1.90. The summed E-state index contributed by atoms with van der Waals surface area (Å²) in [5.41, 5.74) is -1.32. The van der Waals surface area contributed by atoms with Crippen LogP contribution in [0.15, 0.2) is 0 Å². The van der Waals surface area contributed by atoms with Gasteiger partial charge in [0.1, 0.15) is 0 Å². The molecule has 1 aliphatic heterocycles. The molecule has 1 aliphatic rings. The zero-order valence-electron chi connectivity index (χ0n) is 9.82. The van der Waals surface area contributed by atoms with Gasteiger partial charge in [-0.1, -0.05) is 0 Å². The first kappa shape index (κ1) is 12.8. The van der Waals surface area contributed by atoms with E-state index in [2.05, 4.69) is 4.74 Å². The van der Waals surface area contributed by atoms with E-state index in [1.165, 1.54) is 19.1 Å². The van der Waals surface area contributed by atoms with Gasteiger partial charge in [-0.25, -0.2) is 9.59 Å². The summed E-state index contributed by atoms with van der Waals surface area (Å²) in [5.74, 6) is -0.569. The van der Waals surface area contributed by atoms with Gasteiger partial charge in [0.2, 0.25) is 5.72 Å². The van der Waals surface area contributed by atoms with E-state index < -0.39 is 17.8 Å². The molecule has 0 unspecified atom stereocenters. The highest BCUT2D eigenvalue weighted by Gasteiger charge is 2.52. The number of esters is 1. The van der Waals surface area contributed by atoms with Gasteiger partial charge < -0.3 is 14.2 Å². The van der Waals surface area contributed by atoms with E-state index >= 15 is 0 Å². The van der Waals surface area contributed by atoms with E-state index in [0.29, 0.717) is 19.4 Å². The van der Waals surface area contributed by atoms with Crippen molar-refractivity contribution in [3.8, 4) is 0 Å². The molecule has 1 amide bonds. The second kappa shape index (κ2) is 5.16. The van der Waals surface area contributed by atoms with Crippen molar-refractivity contribution in [2.45, 2.75) is 25.5 Å². The number of carbonyl (C=O) groups is 2. The van der Waals surface area contributed by atoms with Crippen molar-refractivity contribution in [1.29, 1.82) is 0 Å². The van der Waals surface area contributed by atoms with Crippen LogP contribution in [-0.4, -0.2) is 50.1 Å². The van der Waals surface area contributed by atoms with Crippen molar-refractivity contribution >= 4 is 12.1 Å². The number of methoxy groups -OCH3 is 2. The molecule has 0 saturated carbocycles. The van der Waals surface area contributed by atoms with Crippen LogP contribution in [0.3, 0.4) is 0 Å². The summed E-state index contributed by atoms with van der Waals surface area (Å²) in [7, 11) is 2.65. The van der Waals surface area contributed by atoms with Crippen LogP contribution < -0.4 is 0 Å². The number of carbonyl (C=O) groups excluding carboxylic acids is 2. The first-order valence-corrected chi connectivity index (χ1v) is 5.20.